The van der Waals surface area contributed by atoms with Gasteiger partial charge < -0.3 is 22.5 Å². The van der Waals surface area contributed by atoms with E-state index in [1.54, 1.807) is 0 Å². The molecule has 0 aliphatic carbocycles. The fraction of sp³-hybridized carbons (Fsp3) is 0.250. The molecule has 1 aromatic rings. The molecule has 0 aliphatic heterocycles. The van der Waals surface area contributed by atoms with Crippen LogP contribution in [0.25, 0.3) is 0 Å². The van der Waals surface area contributed by atoms with Gasteiger partial charge in [0.15, 0.2) is 0 Å². The minimum Gasteiger partial charge on any atom is -0.397 e. The summed E-state index contributed by atoms with van der Waals surface area (Å²) in [4.78, 5) is 34.7. The first-order valence-corrected chi connectivity index (χ1v) is 5.91. The molecule has 21 heavy (non-hydrogen) atoms. The average Bonchev–Trinajstić information content (AvgIpc) is 2.30. The summed E-state index contributed by atoms with van der Waals surface area (Å²) < 4.78 is 12.9. The van der Waals surface area contributed by atoms with E-state index in [2.05, 4.69) is 5.32 Å². The highest BCUT2D eigenvalue weighted by Gasteiger charge is 2.16. The maximum atomic E-state index is 12.9. The standard InChI is InChI=1S/C12H16FN5O3/c13-7-1-2-9(8(14)3-7)17-12(21)6-18(4-10(15)19)5-11(16)20/h1-3H,4-6,14H2,(H2,15,19)(H2,16,20)(H,17,21). The Balaban J connectivity index is 2.68. The van der Waals surface area contributed by atoms with Crippen molar-refractivity contribution < 1.29 is 18.8 Å². The van der Waals surface area contributed by atoms with Crippen LogP contribution in [0.5, 0.6) is 0 Å². The van der Waals surface area contributed by atoms with E-state index in [1.165, 1.54) is 11.0 Å². The van der Waals surface area contributed by atoms with Crippen LogP contribution < -0.4 is 22.5 Å². The smallest absolute Gasteiger partial charge is 0.238 e. The Bertz CT molecular complexity index is 548. The number of rotatable bonds is 7. The second-order valence-electron chi connectivity index (χ2n) is 4.36. The number of primary amides is 2. The highest BCUT2D eigenvalue weighted by molar-refractivity contribution is 5.95. The van der Waals surface area contributed by atoms with Crippen LogP contribution in [0.4, 0.5) is 15.8 Å². The largest absolute Gasteiger partial charge is 0.397 e. The van der Waals surface area contributed by atoms with E-state index in [-0.39, 0.29) is 31.0 Å². The Labute approximate surface area is 120 Å². The number of carbonyl (C=O) groups is 3. The van der Waals surface area contributed by atoms with Crippen LogP contribution in [0, 0.1) is 5.82 Å². The number of carbonyl (C=O) groups excluding carboxylic acids is 3. The second-order valence-corrected chi connectivity index (χ2v) is 4.36. The summed E-state index contributed by atoms with van der Waals surface area (Å²) >= 11 is 0. The number of nitrogens with two attached hydrogens (primary N) is 3. The molecule has 0 aliphatic rings. The van der Waals surface area contributed by atoms with Gasteiger partial charge in [0.1, 0.15) is 5.82 Å². The lowest BCUT2D eigenvalue weighted by Gasteiger charge is -2.18. The van der Waals surface area contributed by atoms with E-state index in [9.17, 15) is 18.8 Å². The van der Waals surface area contributed by atoms with Gasteiger partial charge in [0.05, 0.1) is 31.0 Å². The molecule has 0 atom stereocenters. The molecule has 1 aromatic carbocycles. The van der Waals surface area contributed by atoms with Gasteiger partial charge in [-0.2, -0.15) is 0 Å². The van der Waals surface area contributed by atoms with Crippen molar-refractivity contribution in [3.8, 4) is 0 Å². The van der Waals surface area contributed by atoms with Crippen LogP contribution in [0.1, 0.15) is 0 Å². The number of nitrogens with zero attached hydrogens (tertiary/aromatic N) is 1. The van der Waals surface area contributed by atoms with Crippen LogP contribution in [0.2, 0.25) is 0 Å². The molecule has 0 unspecified atom stereocenters. The Morgan fingerprint density at radius 3 is 2.14 bits per heavy atom. The van der Waals surface area contributed by atoms with E-state index in [0.29, 0.717) is 0 Å². The van der Waals surface area contributed by atoms with Gasteiger partial charge in [-0.25, -0.2) is 4.39 Å². The Kier molecular flexibility index (Phi) is 5.61. The summed E-state index contributed by atoms with van der Waals surface area (Å²) in [5.74, 6) is -2.49. The molecule has 8 nitrogen and oxygen atoms in total. The predicted molar refractivity (Wildman–Crippen MR) is 74.3 cm³/mol. The first-order chi connectivity index (χ1) is 9.77. The van der Waals surface area contributed by atoms with Gasteiger partial charge in [-0.3, -0.25) is 19.3 Å². The topological polar surface area (TPSA) is 145 Å². The molecule has 9 heteroatoms. The van der Waals surface area contributed by atoms with Crippen LogP contribution in [-0.2, 0) is 14.4 Å². The minimum atomic E-state index is -0.703. The first kappa shape index (κ1) is 16.4. The lowest BCUT2D eigenvalue weighted by atomic mass is 10.2. The third-order valence-corrected chi connectivity index (χ3v) is 2.41. The molecule has 0 fully saturated rings. The Morgan fingerprint density at radius 1 is 1.10 bits per heavy atom. The number of halogens is 1. The van der Waals surface area contributed by atoms with Crippen LogP contribution >= 0.6 is 0 Å². The Hall–Kier alpha value is -2.68. The van der Waals surface area contributed by atoms with Gasteiger partial charge in [0.2, 0.25) is 17.7 Å². The second kappa shape index (κ2) is 7.20. The zero-order chi connectivity index (χ0) is 16.0. The first-order valence-electron chi connectivity index (χ1n) is 5.91. The zero-order valence-electron chi connectivity index (χ0n) is 11.1. The molecule has 0 saturated heterocycles. The van der Waals surface area contributed by atoms with Crippen molar-refractivity contribution in [2.75, 3.05) is 30.7 Å². The van der Waals surface area contributed by atoms with Crippen LogP contribution in [0.3, 0.4) is 0 Å². The number of hydrogen-bond donors (Lipinski definition) is 4. The van der Waals surface area contributed by atoms with Gasteiger partial charge in [0.25, 0.3) is 0 Å². The molecule has 0 heterocycles. The van der Waals surface area contributed by atoms with Gasteiger partial charge in [-0.1, -0.05) is 0 Å². The predicted octanol–water partition coefficient (Wildman–Crippen LogP) is -1.38. The minimum absolute atomic E-state index is 0.0553. The zero-order valence-corrected chi connectivity index (χ0v) is 11.1. The maximum absolute atomic E-state index is 12.9. The van der Waals surface area contributed by atoms with Gasteiger partial charge in [-0.15, -0.1) is 0 Å². The highest BCUT2D eigenvalue weighted by atomic mass is 19.1. The molecule has 7 N–H and O–H groups in total. The SMILES string of the molecule is NC(=O)CN(CC(N)=O)CC(=O)Nc1ccc(F)cc1N. The molecule has 0 saturated carbocycles. The van der Waals surface area contributed by atoms with E-state index in [4.69, 9.17) is 17.2 Å². The molecular formula is C12H16FN5O3. The number of nitrogen functional groups attached to an aromatic ring is 1. The number of anilines is 2. The third-order valence-electron chi connectivity index (χ3n) is 2.41. The van der Waals surface area contributed by atoms with Crippen molar-refractivity contribution >= 4 is 29.1 Å². The van der Waals surface area contributed by atoms with Gasteiger partial charge >= 0.3 is 0 Å². The van der Waals surface area contributed by atoms with Crippen molar-refractivity contribution in [1.29, 1.82) is 0 Å². The monoisotopic (exact) mass is 297 g/mol. The van der Waals surface area contributed by atoms with Crippen molar-refractivity contribution in [2.24, 2.45) is 11.5 Å². The molecular weight excluding hydrogens is 281 g/mol. The van der Waals surface area contributed by atoms with Crippen molar-refractivity contribution in [3.63, 3.8) is 0 Å². The van der Waals surface area contributed by atoms with Gasteiger partial charge in [0, 0.05) is 0 Å². The van der Waals surface area contributed by atoms with Crippen molar-refractivity contribution in [3.05, 3.63) is 24.0 Å². The fourth-order valence-electron chi connectivity index (χ4n) is 1.65. The van der Waals surface area contributed by atoms with E-state index in [0.717, 1.165) is 12.1 Å². The average molecular weight is 297 g/mol. The van der Waals surface area contributed by atoms with Crippen molar-refractivity contribution in [1.82, 2.24) is 4.90 Å². The molecule has 3 amide bonds. The summed E-state index contributed by atoms with van der Waals surface area (Å²) in [6, 6.07) is 3.49. The highest BCUT2D eigenvalue weighted by Crippen LogP contribution is 2.18. The quantitative estimate of drug-likeness (QED) is 0.458. The maximum Gasteiger partial charge on any atom is 0.238 e. The molecule has 0 aromatic heterocycles. The molecule has 0 radical (unpaired) electrons. The summed E-state index contributed by atoms with van der Waals surface area (Å²) in [5.41, 5.74) is 15.8. The summed E-state index contributed by atoms with van der Waals surface area (Å²) in [6.07, 6.45) is 0. The molecule has 114 valence electrons. The Morgan fingerprint density at radius 2 is 1.67 bits per heavy atom. The fourth-order valence-corrected chi connectivity index (χ4v) is 1.65. The summed E-state index contributed by atoms with van der Waals surface area (Å²) in [5, 5.41) is 2.44. The van der Waals surface area contributed by atoms with E-state index < -0.39 is 23.5 Å². The van der Waals surface area contributed by atoms with E-state index in [1.807, 2.05) is 0 Å². The molecule has 1 rings (SSSR count). The molecule has 0 bridgehead atoms. The van der Waals surface area contributed by atoms with Crippen LogP contribution in [0.15, 0.2) is 18.2 Å². The van der Waals surface area contributed by atoms with E-state index >= 15 is 0 Å². The van der Waals surface area contributed by atoms with Crippen molar-refractivity contribution in [2.45, 2.75) is 0 Å². The van der Waals surface area contributed by atoms with Gasteiger partial charge in [-0.05, 0) is 18.2 Å². The normalized spacial score (nSPS) is 10.4. The number of hydrogen-bond acceptors (Lipinski definition) is 5. The lowest BCUT2D eigenvalue weighted by molar-refractivity contribution is -0.123. The third kappa shape index (κ3) is 5.87. The number of benzene rings is 1. The number of amides is 3. The summed E-state index contributed by atoms with van der Waals surface area (Å²) in [6.45, 7) is -0.882. The lowest BCUT2D eigenvalue weighted by Crippen LogP contribution is -2.43. The number of nitrogens with one attached hydrogen (secondary N) is 1. The summed E-state index contributed by atoms with van der Waals surface area (Å²) in [7, 11) is 0. The molecule has 0 spiro atoms. The van der Waals surface area contributed by atoms with Crippen LogP contribution in [-0.4, -0.2) is 42.3 Å².